The summed E-state index contributed by atoms with van der Waals surface area (Å²) in [5.74, 6) is 0. The summed E-state index contributed by atoms with van der Waals surface area (Å²) in [5, 5.41) is 10.8. The fourth-order valence-corrected chi connectivity index (χ4v) is 1.66. The van der Waals surface area contributed by atoms with E-state index >= 15 is 0 Å². The maximum absolute atomic E-state index is 8.71. The van der Waals surface area contributed by atoms with Crippen molar-refractivity contribution in [2.45, 2.75) is 0 Å². The topological polar surface area (TPSA) is 36.7 Å². The normalized spacial score (nSPS) is 9.85. The molecule has 0 amide bonds. The molecule has 0 spiro atoms. The molecular formula is C10H5BrN2. The molecule has 13 heavy (non-hydrogen) atoms. The zero-order valence-electron chi connectivity index (χ0n) is 6.66. The number of pyridine rings is 1. The molecule has 2 rings (SSSR count). The second-order valence-electron chi connectivity index (χ2n) is 2.67. The van der Waals surface area contributed by atoms with Gasteiger partial charge in [-0.1, -0.05) is 6.07 Å². The van der Waals surface area contributed by atoms with E-state index in [-0.39, 0.29) is 0 Å². The average molecular weight is 233 g/mol. The quantitative estimate of drug-likeness (QED) is 0.701. The first-order valence-corrected chi connectivity index (χ1v) is 4.54. The van der Waals surface area contributed by atoms with Crippen LogP contribution >= 0.6 is 15.9 Å². The van der Waals surface area contributed by atoms with Crippen LogP contribution < -0.4 is 0 Å². The van der Waals surface area contributed by atoms with E-state index in [0.717, 1.165) is 15.2 Å². The second-order valence-corrected chi connectivity index (χ2v) is 3.52. The number of aromatic nitrogens is 1. The van der Waals surface area contributed by atoms with E-state index in [2.05, 4.69) is 27.0 Å². The first-order valence-electron chi connectivity index (χ1n) is 3.74. The highest BCUT2D eigenvalue weighted by Gasteiger charge is 1.99. The maximum Gasteiger partial charge on any atom is 0.0991 e. The molecule has 0 bridgehead atoms. The lowest BCUT2D eigenvalue weighted by Gasteiger charge is -1.98. The number of hydrogen-bond acceptors (Lipinski definition) is 2. The maximum atomic E-state index is 8.71. The number of rotatable bonds is 0. The fourth-order valence-electron chi connectivity index (χ4n) is 1.20. The Balaban J connectivity index is 2.84. The highest BCUT2D eigenvalue weighted by Crippen LogP contribution is 2.23. The van der Waals surface area contributed by atoms with Gasteiger partial charge in [0.15, 0.2) is 0 Å². The minimum absolute atomic E-state index is 0.666. The first-order chi connectivity index (χ1) is 6.31. The molecule has 0 unspecified atom stereocenters. The highest BCUT2D eigenvalue weighted by molar-refractivity contribution is 9.10. The Morgan fingerprint density at radius 3 is 2.92 bits per heavy atom. The van der Waals surface area contributed by atoms with Crippen LogP contribution in [0.25, 0.3) is 10.8 Å². The molecule has 1 aromatic heterocycles. The van der Waals surface area contributed by atoms with Gasteiger partial charge in [-0.2, -0.15) is 5.26 Å². The Labute approximate surface area is 84.0 Å². The van der Waals surface area contributed by atoms with Crippen LogP contribution in [0.15, 0.2) is 35.1 Å². The van der Waals surface area contributed by atoms with E-state index in [1.807, 2.05) is 12.1 Å². The molecule has 2 aromatic rings. The SMILES string of the molecule is N#Cc1ccc2cncc(Br)c2c1. The van der Waals surface area contributed by atoms with Crippen molar-refractivity contribution in [2.24, 2.45) is 0 Å². The third-order valence-corrected chi connectivity index (χ3v) is 2.47. The van der Waals surface area contributed by atoms with Gasteiger partial charge in [0.2, 0.25) is 0 Å². The number of hydrogen-bond donors (Lipinski definition) is 0. The van der Waals surface area contributed by atoms with Crippen LogP contribution in [0.1, 0.15) is 5.56 Å². The van der Waals surface area contributed by atoms with Crippen LogP contribution in [0.2, 0.25) is 0 Å². The van der Waals surface area contributed by atoms with Gasteiger partial charge in [0.05, 0.1) is 11.6 Å². The van der Waals surface area contributed by atoms with Crippen molar-refractivity contribution in [3.05, 3.63) is 40.6 Å². The predicted octanol–water partition coefficient (Wildman–Crippen LogP) is 2.87. The van der Waals surface area contributed by atoms with Crippen molar-refractivity contribution in [3.63, 3.8) is 0 Å². The molecule has 2 nitrogen and oxygen atoms in total. The van der Waals surface area contributed by atoms with E-state index in [0.29, 0.717) is 5.56 Å². The van der Waals surface area contributed by atoms with Crippen LogP contribution in [0.3, 0.4) is 0 Å². The minimum atomic E-state index is 0.666. The van der Waals surface area contributed by atoms with Crippen molar-refractivity contribution in [3.8, 4) is 6.07 Å². The molecule has 3 heteroatoms. The standard InChI is InChI=1S/C10H5BrN2/c11-10-6-13-5-8-2-1-7(4-12)3-9(8)10/h1-3,5-6H. The molecule has 1 aromatic carbocycles. The lowest BCUT2D eigenvalue weighted by atomic mass is 10.1. The molecule has 0 radical (unpaired) electrons. The molecule has 0 aliphatic carbocycles. The second kappa shape index (κ2) is 3.15. The number of nitriles is 1. The highest BCUT2D eigenvalue weighted by atomic mass is 79.9. The van der Waals surface area contributed by atoms with Gasteiger partial charge in [0, 0.05) is 27.6 Å². The summed E-state index contributed by atoms with van der Waals surface area (Å²) in [5.41, 5.74) is 0.666. The molecule has 0 aliphatic heterocycles. The van der Waals surface area contributed by atoms with Crippen LogP contribution in [0.4, 0.5) is 0 Å². The molecule has 62 valence electrons. The monoisotopic (exact) mass is 232 g/mol. The molecule has 0 saturated heterocycles. The summed E-state index contributed by atoms with van der Waals surface area (Å²) in [6.07, 6.45) is 3.50. The van der Waals surface area contributed by atoms with Gasteiger partial charge >= 0.3 is 0 Å². The van der Waals surface area contributed by atoms with Crippen molar-refractivity contribution in [1.82, 2.24) is 4.98 Å². The van der Waals surface area contributed by atoms with Crippen molar-refractivity contribution in [2.75, 3.05) is 0 Å². The number of halogens is 1. The lowest BCUT2D eigenvalue weighted by molar-refractivity contribution is 1.34. The lowest BCUT2D eigenvalue weighted by Crippen LogP contribution is -1.79. The molecule has 0 saturated carbocycles. The van der Waals surface area contributed by atoms with Crippen molar-refractivity contribution in [1.29, 1.82) is 5.26 Å². The predicted molar refractivity (Wildman–Crippen MR) is 54.2 cm³/mol. The Bertz CT molecular complexity index is 500. The smallest absolute Gasteiger partial charge is 0.0991 e. The van der Waals surface area contributed by atoms with Crippen molar-refractivity contribution >= 4 is 26.7 Å². The van der Waals surface area contributed by atoms with E-state index in [4.69, 9.17) is 5.26 Å². The third kappa shape index (κ3) is 1.41. The molecule has 0 fully saturated rings. The molecule has 1 heterocycles. The summed E-state index contributed by atoms with van der Waals surface area (Å²) in [4.78, 5) is 4.04. The largest absolute Gasteiger partial charge is 0.263 e. The summed E-state index contributed by atoms with van der Waals surface area (Å²) in [6.45, 7) is 0. The Kier molecular flexibility index (Phi) is 1.99. The van der Waals surface area contributed by atoms with E-state index in [9.17, 15) is 0 Å². The molecular weight excluding hydrogens is 228 g/mol. The van der Waals surface area contributed by atoms with Gasteiger partial charge in [0.1, 0.15) is 0 Å². The average Bonchev–Trinajstić information content (AvgIpc) is 2.18. The van der Waals surface area contributed by atoms with Crippen LogP contribution in [0, 0.1) is 11.3 Å². The zero-order chi connectivity index (χ0) is 9.26. The number of benzene rings is 1. The zero-order valence-corrected chi connectivity index (χ0v) is 8.25. The summed E-state index contributed by atoms with van der Waals surface area (Å²) in [7, 11) is 0. The van der Waals surface area contributed by atoms with E-state index in [1.165, 1.54) is 0 Å². The van der Waals surface area contributed by atoms with Crippen molar-refractivity contribution < 1.29 is 0 Å². The fraction of sp³-hybridized carbons (Fsp3) is 0. The first kappa shape index (κ1) is 8.21. The Morgan fingerprint density at radius 1 is 1.31 bits per heavy atom. The number of fused-ring (bicyclic) bond motifs is 1. The van der Waals surface area contributed by atoms with Gasteiger partial charge < -0.3 is 0 Å². The summed E-state index contributed by atoms with van der Waals surface area (Å²) in [6, 6.07) is 7.64. The third-order valence-electron chi connectivity index (χ3n) is 1.84. The van der Waals surface area contributed by atoms with Crippen LogP contribution in [0.5, 0.6) is 0 Å². The van der Waals surface area contributed by atoms with Crippen LogP contribution in [-0.2, 0) is 0 Å². The van der Waals surface area contributed by atoms with Gasteiger partial charge in [-0.25, -0.2) is 0 Å². The summed E-state index contributed by atoms with van der Waals surface area (Å²) < 4.78 is 0.919. The summed E-state index contributed by atoms with van der Waals surface area (Å²) >= 11 is 3.39. The van der Waals surface area contributed by atoms with E-state index < -0.39 is 0 Å². The minimum Gasteiger partial charge on any atom is -0.263 e. The molecule has 0 aliphatic rings. The van der Waals surface area contributed by atoms with E-state index in [1.54, 1.807) is 18.5 Å². The van der Waals surface area contributed by atoms with Gasteiger partial charge in [0.25, 0.3) is 0 Å². The Morgan fingerprint density at radius 2 is 2.15 bits per heavy atom. The Hall–Kier alpha value is -1.40. The molecule has 0 atom stereocenters. The van der Waals surface area contributed by atoms with Gasteiger partial charge in [-0.05, 0) is 28.1 Å². The number of nitrogens with zero attached hydrogens (tertiary/aromatic N) is 2. The van der Waals surface area contributed by atoms with Crippen LogP contribution in [-0.4, -0.2) is 4.98 Å². The van der Waals surface area contributed by atoms with Gasteiger partial charge in [-0.3, -0.25) is 4.98 Å². The van der Waals surface area contributed by atoms with Gasteiger partial charge in [-0.15, -0.1) is 0 Å². The molecule has 0 N–H and O–H groups in total.